The fraction of sp³-hybridized carbons (Fsp3) is 0.778. The number of amides is 2. The summed E-state index contributed by atoms with van der Waals surface area (Å²) in [5.74, 6) is -0.931. The first-order valence-electron chi connectivity index (χ1n) is 4.82. The normalized spacial score (nSPS) is 21.9. The van der Waals surface area contributed by atoms with Gasteiger partial charge in [-0.05, 0) is 6.42 Å². The van der Waals surface area contributed by atoms with Crippen molar-refractivity contribution in [2.75, 3.05) is 20.1 Å². The van der Waals surface area contributed by atoms with E-state index in [4.69, 9.17) is 5.11 Å². The second-order valence-corrected chi connectivity index (χ2v) is 3.55. The van der Waals surface area contributed by atoms with Gasteiger partial charge in [-0.15, -0.1) is 0 Å². The Balaban J connectivity index is 2.57. The zero-order chi connectivity index (χ0) is 10.7. The van der Waals surface area contributed by atoms with E-state index in [0.717, 1.165) is 12.8 Å². The molecule has 0 aromatic carbocycles. The van der Waals surface area contributed by atoms with E-state index in [1.807, 2.05) is 6.92 Å². The van der Waals surface area contributed by atoms with Crippen LogP contribution < -0.4 is 0 Å². The smallest absolute Gasteiger partial charge is 0.328 e. The lowest BCUT2D eigenvalue weighted by atomic mass is 10.3. The largest absolute Gasteiger partial charge is 0.480 e. The maximum absolute atomic E-state index is 11.5. The molecule has 0 saturated carbocycles. The average Bonchev–Trinajstić information content (AvgIpc) is 2.42. The van der Waals surface area contributed by atoms with Crippen molar-refractivity contribution in [2.24, 2.45) is 0 Å². The molecule has 5 heteroatoms. The summed E-state index contributed by atoms with van der Waals surface area (Å²) < 4.78 is 0. The van der Waals surface area contributed by atoms with E-state index in [1.165, 1.54) is 11.9 Å². The fourth-order valence-electron chi connectivity index (χ4n) is 1.55. The summed E-state index contributed by atoms with van der Waals surface area (Å²) in [5.41, 5.74) is 0. The summed E-state index contributed by atoms with van der Waals surface area (Å²) in [5, 5.41) is 8.82. The second-order valence-electron chi connectivity index (χ2n) is 3.55. The van der Waals surface area contributed by atoms with Crippen LogP contribution in [0.4, 0.5) is 4.79 Å². The Labute approximate surface area is 83.3 Å². The van der Waals surface area contributed by atoms with E-state index in [0.29, 0.717) is 13.1 Å². The van der Waals surface area contributed by atoms with Gasteiger partial charge >= 0.3 is 12.0 Å². The number of carbonyl (C=O) groups is 2. The summed E-state index contributed by atoms with van der Waals surface area (Å²) in [7, 11) is 1.53. The van der Waals surface area contributed by atoms with Crippen LogP contribution in [0.5, 0.6) is 0 Å². The van der Waals surface area contributed by atoms with Gasteiger partial charge in [-0.3, -0.25) is 0 Å². The molecule has 0 bridgehead atoms. The molecule has 1 aliphatic heterocycles. The van der Waals surface area contributed by atoms with Crippen LogP contribution in [0.1, 0.15) is 19.8 Å². The minimum absolute atomic E-state index is 0.175. The first-order valence-corrected chi connectivity index (χ1v) is 4.82. The molecule has 1 heterocycles. The Morgan fingerprint density at radius 3 is 2.71 bits per heavy atom. The predicted octanol–water partition coefficient (Wildman–Crippen LogP) is 0.607. The van der Waals surface area contributed by atoms with Crippen molar-refractivity contribution in [2.45, 2.75) is 25.8 Å². The summed E-state index contributed by atoms with van der Waals surface area (Å²) >= 11 is 0. The van der Waals surface area contributed by atoms with Crippen LogP contribution in [-0.2, 0) is 4.79 Å². The van der Waals surface area contributed by atoms with Crippen LogP contribution in [-0.4, -0.2) is 53.1 Å². The molecular formula is C9H16N2O3. The lowest BCUT2D eigenvalue weighted by Gasteiger charge is -2.14. The van der Waals surface area contributed by atoms with E-state index >= 15 is 0 Å². The predicted molar refractivity (Wildman–Crippen MR) is 51.1 cm³/mol. The molecule has 0 radical (unpaired) electrons. The van der Waals surface area contributed by atoms with Crippen LogP contribution in [0.25, 0.3) is 0 Å². The molecule has 0 spiro atoms. The molecule has 5 nitrogen and oxygen atoms in total. The van der Waals surface area contributed by atoms with Crippen molar-refractivity contribution in [3.05, 3.63) is 0 Å². The van der Waals surface area contributed by atoms with Gasteiger partial charge in [0, 0.05) is 13.6 Å². The van der Waals surface area contributed by atoms with Crippen LogP contribution in [0, 0.1) is 0 Å². The number of carbonyl (C=O) groups excluding carboxylic acids is 1. The fourth-order valence-corrected chi connectivity index (χ4v) is 1.55. The number of urea groups is 1. The Kier molecular flexibility index (Phi) is 3.33. The number of nitrogens with zero attached hydrogens (tertiary/aromatic N) is 2. The summed E-state index contributed by atoms with van der Waals surface area (Å²) in [6.07, 6.45) is 1.93. The molecular weight excluding hydrogens is 184 g/mol. The third-order valence-corrected chi connectivity index (χ3v) is 2.50. The summed E-state index contributed by atoms with van der Waals surface area (Å²) in [6, 6.07) is -0.856. The number of carboxylic acid groups (broad SMARTS) is 1. The number of hydrogen-bond donors (Lipinski definition) is 1. The topological polar surface area (TPSA) is 60.9 Å². The van der Waals surface area contributed by atoms with Gasteiger partial charge in [0.2, 0.25) is 0 Å². The van der Waals surface area contributed by atoms with Gasteiger partial charge in [0.1, 0.15) is 6.04 Å². The van der Waals surface area contributed by atoms with Crippen LogP contribution in [0.15, 0.2) is 0 Å². The van der Waals surface area contributed by atoms with Crippen molar-refractivity contribution in [3.63, 3.8) is 0 Å². The van der Waals surface area contributed by atoms with Gasteiger partial charge in [-0.1, -0.05) is 13.3 Å². The number of hydrogen-bond acceptors (Lipinski definition) is 2. The molecule has 1 unspecified atom stereocenters. The number of aliphatic carboxylic acids is 1. The highest BCUT2D eigenvalue weighted by Crippen LogP contribution is 2.14. The van der Waals surface area contributed by atoms with Crippen molar-refractivity contribution in [3.8, 4) is 0 Å². The number of likely N-dealkylation sites (N-methyl/N-ethyl adjacent to an activating group) is 1. The van der Waals surface area contributed by atoms with E-state index in [-0.39, 0.29) is 6.03 Å². The van der Waals surface area contributed by atoms with Gasteiger partial charge in [0.05, 0.1) is 6.54 Å². The molecule has 0 aromatic rings. The molecule has 80 valence electrons. The van der Waals surface area contributed by atoms with E-state index in [9.17, 15) is 9.59 Å². The van der Waals surface area contributed by atoms with Crippen LogP contribution in [0.3, 0.4) is 0 Å². The zero-order valence-electron chi connectivity index (χ0n) is 8.56. The third-order valence-electron chi connectivity index (χ3n) is 2.50. The molecule has 1 atom stereocenters. The number of unbranched alkanes of at least 4 members (excludes halogenated alkanes) is 1. The lowest BCUT2D eigenvalue weighted by molar-refractivity contribution is -0.140. The monoisotopic (exact) mass is 200 g/mol. The molecule has 1 N–H and O–H groups in total. The Morgan fingerprint density at radius 2 is 2.29 bits per heavy atom. The molecule has 14 heavy (non-hydrogen) atoms. The summed E-state index contributed by atoms with van der Waals surface area (Å²) in [6.45, 7) is 3.01. The SMILES string of the molecule is CCCCN1CC(C(=O)O)N(C)C1=O. The number of carboxylic acids is 1. The zero-order valence-corrected chi connectivity index (χ0v) is 8.56. The molecule has 1 rings (SSSR count). The Morgan fingerprint density at radius 1 is 1.64 bits per heavy atom. The van der Waals surface area contributed by atoms with Crippen molar-refractivity contribution < 1.29 is 14.7 Å². The molecule has 1 fully saturated rings. The van der Waals surface area contributed by atoms with Gasteiger partial charge in [-0.25, -0.2) is 9.59 Å². The average molecular weight is 200 g/mol. The van der Waals surface area contributed by atoms with Crippen LogP contribution in [0.2, 0.25) is 0 Å². The Bertz CT molecular complexity index is 242. The van der Waals surface area contributed by atoms with E-state index < -0.39 is 12.0 Å². The van der Waals surface area contributed by atoms with Crippen molar-refractivity contribution >= 4 is 12.0 Å². The first-order chi connectivity index (χ1) is 6.57. The lowest BCUT2D eigenvalue weighted by Crippen LogP contribution is -2.36. The molecule has 0 aromatic heterocycles. The minimum atomic E-state index is -0.931. The highest BCUT2D eigenvalue weighted by molar-refractivity contribution is 5.86. The van der Waals surface area contributed by atoms with E-state index in [1.54, 1.807) is 4.90 Å². The number of rotatable bonds is 4. The first kappa shape index (κ1) is 10.8. The molecule has 1 aliphatic rings. The van der Waals surface area contributed by atoms with Gasteiger partial charge in [0.25, 0.3) is 0 Å². The quantitative estimate of drug-likeness (QED) is 0.723. The van der Waals surface area contributed by atoms with E-state index in [2.05, 4.69) is 0 Å². The van der Waals surface area contributed by atoms with Gasteiger partial charge < -0.3 is 14.9 Å². The van der Waals surface area contributed by atoms with Crippen molar-refractivity contribution in [1.29, 1.82) is 0 Å². The summed E-state index contributed by atoms with van der Waals surface area (Å²) in [4.78, 5) is 25.2. The molecule has 1 saturated heterocycles. The minimum Gasteiger partial charge on any atom is -0.480 e. The van der Waals surface area contributed by atoms with Crippen LogP contribution >= 0.6 is 0 Å². The standard InChI is InChI=1S/C9H16N2O3/c1-3-4-5-11-6-7(8(12)13)10(2)9(11)14/h7H,3-6H2,1-2H3,(H,12,13). The highest BCUT2D eigenvalue weighted by Gasteiger charge is 2.38. The van der Waals surface area contributed by atoms with Gasteiger partial charge in [-0.2, -0.15) is 0 Å². The highest BCUT2D eigenvalue weighted by atomic mass is 16.4. The van der Waals surface area contributed by atoms with Gasteiger partial charge in [0.15, 0.2) is 0 Å². The third kappa shape index (κ3) is 1.97. The van der Waals surface area contributed by atoms with Crippen molar-refractivity contribution in [1.82, 2.24) is 9.80 Å². The second kappa shape index (κ2) is 4.30. The molecule has 0 aliphatic carbocycles. The Hall–Kier alpha value is -1.26. The molecule has 2 amide bonds. The maximum Gasteiger partial charge on any atom is 0.328 e. The maximum atomic E-state index is 11.5.